The number of rotatable bonds is 2. The molecular weight excluding hydrogens is 226 g/mol. The molecular formula is C14H15N3O. The maximum absolute atomic E-state index is 12.4. The van der Waals surface area contributed by atoms with Gasteiger partial charge in [0.2, 0.25) is 0 Å². The molecule has 0 atom stereocenters. The molecule has 2 aliphatic rings. The summed E-state index contributed by atoms with van der Waals surface area (Å²) in [5.74, 6) is 1.46. The molecule has 92 valence electrons. The molecule has 1 aliphatic heterocycles. The third-order valence-corrected chi connectivity index (χ3v) is 3.90. The van der Waals surface area contributed by atoms with E-state index in [1.165, 1.54) is 12.8 Å². The van der Waals surface area contributed by atoms with Crippen molar-refractivity contribution >= 4 is 16.9 Å². The summed E-state index contributed by atoms with van der Waals surface area (Å²) in [5, 5.41) is 0. The van der Waals surface area contributed by atoms with Crippen LogP contribution in [0.3, 0.4) is 0 Å². The van der Waals surface area contributed by atoms with Crippen LogP contribution in [0.2, 0.25) is 0 Å². The molecule has 2 aromatic rings. The van der Waals surface area contributed by atoms with Gasteiger partial charge in [-0.25, -0.2) is 4.98 Å². The molecule has 4 nitrogen and oxygen atoms in total. The Morgan fingerprint density at radius 3 is 2.89 bits per heavy atom. The normalized spacial score (nSPS) is 19.3. The molecule has 1 amide bonds. The van der Waals surface area contributed by atoms with Crippen molar-refractivity contribution in [1.29, 1.82) is 0 Å². The quantitative estimate of drug-likeness (QED) is 0.805. The van der Waals surface area contributed by atoms with Gasteiger partial charge in [-0.3, -0.25) is 4.79 Å². The van der Waals surface area contributed by atoms with Gasteiger partial charge in [0.05, 0.1) is 11.0 Å². The van der Waals surface area contributed by atoms with Crippen molar-refractivity contribution in [2.75, 3.05) is 13.1 Å². The van der Waals surface area contributed by atoms with E-state index in [4.69, 9.17) is 0 Å². The number of hydrogen-bond acceptors (Lipinski definition) is 2. The molecule has 0 spiro atoms. The Balaban J connectivity index is 1.76. The van der Waals surface area contributed by atoms with E-state index in [0.29, 0.717) is 5.82 Å². The van der Waals surface area contributed by atoms with Crippen LogP contribution in [0.15, 0.2) is 24.3 Å². The number of carbonyl (C=O) groups excluding carboxylic acids is 1. The summed E-state index contributed by atoms with van der Waals surface area (Å²) in [7, 11) is 0. The largest absolute Gasteiger partial charge is 0.334 e. The van der Waals surface area contributed by atoms with E-state index in [-0.39, 0.29) is 5.91 Å². The summed E-state index contributed by atoms with van der Waals surface area (Å²) in [4.78, 5) is 18.8. The second-order valence-corrected chi connectivity index (χ2v) is 5.27. The number of nitrogens with zero attached hydrogens (tertiary/aromatic N) is 3. The number of fused-ring (bicyclic) bond motifs is 3. The molecule has 0 N–H and O–H groups in total. The summed E-state index contributed by atoms with van der Waals surface area (Å²) in [6, 6.07) is 7.97. The number of hydrogen-bond donors (Lipinski definition) is 0. The van der Waals surface area contributed by atoms with Gasteiger partial charge in [-0.1, -0.05) is 12.1 Å². The van der Waals surface area contributed by atoms with Crippen molar-refractivity contribution in [1.82, 2.24) is 14.5 Å². The summed E-state index contributed by atoms with van der Waals surface area (Å²) < 4.78 is 2.06. The predicted octanol–water partition coefficient (Wildman–Crippen LogP) is 1.90. The van der Waals surface area contributed by atoms with Gasteiger partial charge in [0.25, 0.3) is 5.91 Å². The average molecular weight is 241 g/mol. The van der Waals surface area contributed by atoms with Crippen LogP contribution in [-0.4, -0.2) is 33.4 Å². The van der Waals surface area contributed by atoms with Crippen LogP contribution >= 0.6 is 0 Å². The van der Waals surface area contributed by atoms with Crippen molar-refractivity contribution in [2.24, 2.45) is 5.92 Å². The lowest BCUT2D eigenvalue weighted by Crippen LogP contribution is -2.41. The second-order valence-electron chi connectivity index (χ2n) is 5.27. The van der Waals surface area contributed by atoms with Crippen LogP contribution in [0.5, 0.6) is 0 Å². The lowest BCUT2D eigenvalue weighted by atomic mass is 10.3. The summed E-state index contributed by atoms with van der Waals surface area (Å²) >= 11 is 0. The molecule has 18 heavy (non-hydrogen) atoms. The standard InChI is InChI=1S/C14H15N3O/c18-14-13-15-11-3-1-2-4-12(11)17(13)8-7-16(14)9-10-5-6-10/h1-4,10H,5-9H2. The molecule has 1 fully saturated rings. The number of carbonyl (C=O) groups is 1. The fourth-order valence-electron chi connectivity index (χ4n) is 2.72. The average Bonchev–Trinajstić information content (AvgIpc) is 3.12. The van der Waals surface area contributed by atoms with Crippen molar-refractivity contribution < 1.29 is 4.79 Å². The van der Waals surface area contributed by atoms with Crippen molar-refractivity contribution in [2.45, 2.75) is 19.4 Å². The first-order valence-electron chi connectivity index (χ1n) is 6.57. The Bertz CT molecular complexity index is 627. The molecule has 1 aliphatic carbocycles. The molecule has 2 heterocycles. The lowest BCUT2D eigenvalue weighted by molar-refractivity contribution is 0.0690. The zero-order valence-corrected chi connectivity index (χ0v) is 10.2. The predicted molar refractivity (Wildman–Crippen MR) is 68.4 cm³/mol. The maximum atomic E-state index is 12.4. The van der Waals surface area contributed by atoms with Gasteiger partial charge in [-0.15, -0.1) is 0 Å². The molecule has 1 saturated carbocycles. The van der Waals surface area contributed by atoms with Gasteiger partial charge in [-0.2, -0.15) is 0 Å². The molecule has 1 aromatic carbocycles. The van der Waals surface area contributed by atoms with Crippen molar-refractivity contribution in [3.05, 3.63) is 30.1 Å². The van der Waals surface area contributed by atoms with Crippen molar-refractivity contribution in [3.8, 4) is 0 Å². The monoisotopic (exact) mass is 241 g/mol. The summed E-state index contributed by atoms with van der Waals surface area (Å²) in [5.41, 5.74) is 2.00. The van der Waals surface area contributed by atoms with E-state index in [0.717, 1.165) is 36.6 Å². The Labute approximate surface area is 105 Å². The van der Waals surface area contributed by atoms with Crippen LogP contribution in [-0.2, 0) is 6.54 Å². The first-order chi connectivity index (χ1) is 8.83. The number of para-hydroxylation sites is 2. The van der Waals surface area contributed by atoms with E-state index >= 15 is 0 Å². The van der Waals surface area contributed by atoms with E-state index in [1.54, 1.807) is 0 Å². The zero-order valence-electron chi connectivity index (χ0n) is 10.2. The van der Waals surface area contributed by atoms with Gasteiger partial charge < -0.3 is 9.47 Å². The van der Waals surface area contributed by atoms with Crippen LogP contribution in [0.1, 0.15) is 23.5 Å². The van der Waals surface area contributed by atoms with E-state index in [2.05, 4.69) is 9.55 Å². The minimum Gasteiger partial charge on any atom is -0.334 e. The number of benzene rings is 1. The van der Waals surface area contributed by atoms with Gasteiger partial charge in [0.1, 0.15) is 0 Å². The van der Waals surface area contributed by atoms with Crippen molar-refractivity contribution in [3.63, 3.8) is 0 Å². The third-order valence-electron chi connectivity index (χ3n) is 3.90. The van der Waals surface area contributed by atoms with Crippen LogP contribution in [0, 0.1) is 5.92 Å². The van der Waals surface area contributed by atoms with Crippen LogP contribution in [0.25, 0.3) is 11.0 Å². The highest BCUT2D eigenvalue weighted by molar-refractivity contribution is 5.95. The zero-order chi connectivity index (χ0) is 12.1. The van der Waals surface area contributed by atoms with Gasteiger partial charge >= 0.3 is 0 Å². The number of imidazole rings is 1. The molecule has 0 saturated heterocycles. The first kappa shape index (κ1) is 10.1. The number of aromatic nitrogens is 2. The Hall–Kier alpha value is -1.84. The molecule has 1 aromatic heterocycles. The summed E-state index contributed by atoms with van der Waals surface area (Å²) in [6.45, 7) is 2.61. The first-order valence-corrected chi connectivity index (χ1v) is 6.57. The minimum absolute atomic E-state index is 0.101. The third kappa shape index (κ3) is 1.45. The topological polar surface area (TPSA) is 38.1 Å². The summed E-state index contributed by atoms with van der Waals surface area (Å²) in [6.07, 6.45) is 2.56. The van der Waals surface area contributed by atoms with Gasteiger partial charge in [0, 0.05) is 19.6 Å². The molecule has 4 rings (SSSR count). The molecule has 4 heteroatoms. The van der Waals surface area contributed by atoms with Crippen LogP contribution in [0.4, 0.5) is 0 Å². The fourth-order valence-corrected chi connectivity index (χ4v) is 2.72. The van der Waals surface area contributed by atoms with E-state index < -0.39 is 0 Å². The van der Waals surface area contributed by atoms with Gasteiger partial charge in [0.15, 0.2) is 5.82 Å². The van der Waals surface area contributed by atoms with E-state index in [9.17, 15) is 4.79 Å². The molecule has 0 bridgehead atoms. The highest BCUT2D eigenvalue weighted by Crippen LogP contribution is 2.31. The minimum atomic E-state index is 0.101. The lowest BCUT2D eigenvalue weighted by Gasteiger charge is -2.27. The molecule has 0 radical (unpaired) electrons. The second kappa shape index (κ2) is 3.57. The highest BCUT2D eigenvalue weighted by atomic mass is 16.2. The van der Waals surface area contributed by atoms with Crippen LogP contribution < -0.4 is 0 Å². The highest BCUT2D eigenvalue weighted by Gasteiger charge is 2.32. The molecule has 0 unspecified atom stereocenters. The maximum Gasteiger partial charge on any atom is 0.289 e. The Morgan fingerprint density at radius 2 is 2.06 bits per heavy atom. The Kier molecular flexibility index (Phi) is 2.01. The fraction of sp³-hybridized carbons (Fsp3) is 0.429. The Morgan fingerprint density at radius 1 is 1.22 bits per heavy atom. The van der Waals surface area contributed by atoms with E-state index in [1.807, 2.05) is 29.2 Å². The SMILES string of the molecule is O=C1c2nc3ccccc3n2CCN1CC1CC1. The van der Waals surface area contributed by atoms with Gasteiger partial charge in [-0.05, 0) is 30.9 Å². The number of amides is 1. The smallest absolute Gasteiger partial charge is 0.289 e.